The second kappa shape index (κ2) is 5.28. The fourth-order valence-corrected chi connectivity index (χ4v) is 2.07. The summed E-state index contributed by atoms with van der Waals surface area (Å²) in [5.74, 6) is 1.66. The Balaban J connectivity index is 1.59. The van der Waals surface area contributed by atoms with Gasteiger partial charge in [-0.25, -0.2) is 0 Å². The van der Waals surface area contributed by atoms with Crippen LogP contribution >= 0.6 is 0 Å². The van der Waals surface area contributed by atoms with Gasteiger partial charge in [-0.2, -0.15) is 0 Å². The highest BCUT2D eigenvalue weighted by Crippen LogP contribution is 2.32. The molecule has 0 spiro atoms. The maximum atomic E-state index is 5.36. The second-order valence-electron chi connectivity index (χ2n) is 4.59. The average molecular weight is 256 g/mol. The molecular formula is C15H16N2O2. The highest BCUT2D eigenvalue weighted by atomic mass is 16.7. The van der Waals surface area contributed by atoms with Crippen LogP contribution in [0.5, 0.6) is 11.5 Å². The van der Waals surface area contributed by atoms with Crippen molar-refractivity contribution in [1.82, 2.24) is 10.3 Å². The number of rotatable bonds is 4. The Labute approximate surface area is 112 Å². The van der Waals surface area contributed by atoms with E-state index in [2.05, 4.69) is 23.3 Å². The Kier molecular flexibility index (Phi) is 3.33. The van der Waals surface area contributed by atoms with E-state index in [4.69, 9.17) is 9.47 Å². The topological polar surface area (TPSA) is 43.4 Å². The average Bonchev–Trinajstić information content (AvgIpc) is 2.88. The summed E-state index contributed by atoms with van der Waals surface area (Å²) in [6, 6.07) is 8.05. The third-order valence-corrected chi connectivity index (χ3v) is 3.23. The van der Waals surface area contributed by atoms with Gasteiger partial charge in [-0.15, -0.1) is 0 Å². The van der Waals surface area contributed by atoms with Crippen LogP contribution in [-0.4, -0.2) is 11.8 Å². The van der Waals surface area contributed by atoms with E-state index >= 15 is 0 Å². The quantitative estimate of drug-likeness (QED) is 0.912. The van der Waals surface area contributed by atoms with Gasteiger partial charge in [0, 0.05) is 25.5 Å². The molecule has 1 N–H and O–H groups in total. The Bertz CT molecular complexity index is 584. The molecule has 19 heavy (non-hydrogen) atoms. The molecule has 0 fully saturated rings. The molecule has 0 radical (unpaired) electrons. The predicted octanol–water partition coefficient (Wildman–Crippen LogP) is 2.41. The van der Waals surface area contributed by atoms with Crippen molar-refractivity contribution in [3.63, 3.8) is 0 Å². The first-order valence-corrected chi connectivity index (χ1v) is 6.31. The molecule has 2 aromatic rings. The number of ether oxygens (including phenoxy) is 2. The van der Waals surface area contributed by atoms with Crippen LogP contribution < -0.4 is 14.8 Å². The molecule has 4 heteroatoms. The molecule has 0 saturated heterocycles. The summed E-state index contributed by atoms with van der Waals surface area (Å²) in [6.07, 6.45) is 3.72. The molecular weight excluding hydrogens is 240 g/mol. The molecule has 2 heterocycles. The predicted molar refractivity (Wildman–Crippen MR) is 72.1 cm³/mol. The van der Waals surface area contributed by atoms with Crippen molar-refractivity contribution >= 4 is 0 Å². The fourth-order valence-electron chi connectivity index (χ4n) is 2.07. The lowest BCUT2D eigenvalue weighted by Crippen LogP contribution is -2.13. The van der Waals surface area contributed by atoms with Gasteiger partial charge >= 0.3 is 0 Å². The van der Waals surface area contributed by atoms with Crippen LogP contribution in [0.2, 0.25) is 0 Å². The standard InChI is InChI=1S/C15H16N2O2/c1-11-4-5-16-8-13(11)9-17-7-12-2-3-14-15(6-12)19-10-18-14/h2-6,8,17H,7,9-10H2,1H3. The fraction of sp³-hybridized carbons (Fsp3) is 0.267. The Morgan fingerprint density at radius 2 is 2.05 bits per heavy atom. The van der Waals surface area contributed by atoms with E-state index in [-0.39, 0.29) is 0 Å². The molecule has 0 aliphatic carbocycles. The van der Waals surface area contributed by atoms with Gasteiger partial charge in [0.15, 0.2) is 11.5 Å². The molecule has 0 amide bonds. The molecule has 1 aliphatic rings. The first-order valence-electron chi connectivity index (χ1n) is 6.31. The van der Waals surface area contributed by atoms with E-state index in [0.717, 1.165) is 24.6 Å². The van der Waals surface area contributed by atoms with Crippen LogP contribution in [0, 0.1) is 6.92 Å². The van der Waals surface area contributed by atoms with E-state index in [1.165, 1.54) is 16.7 Å². The molecule has 1 aliphatic heterocycles. The molecule has 1 aromatic carbocycles. The zero-order valence-corrected chi connectivity index (χ0v) is 10.8. The first kappa shape index (κ1) is 12.0. The monoisotopic (exact) mass is 256 g/mol. The van der Waals surface area contributed by atoms with Crippen LogP contribution in [-0.2, 0) is 13.1 Å². The number of aromatic nitrogens is 1. The number of benzene rings is 1. The van der Waals surface area contributed by atoms with E-state index < -0.39 is 0 Å². The van der Waals surface area contributed by atoms with Crippen molar-refractivity contribution in [2.24, 2.45) is 0 Å². The summed E-state index contributed by atoms with van der Waals surface area (Å²) in [5.41, 5.74) is 3.67. The summed E-state index contributed by atoms with van der Waals surface area (Å²) in [5, 5.41) is 3.41. The summed E-state index contributed by atoms with van der Waals surface area (Å²) >= 11 is 0. The lowest BCUT2D eigenvalue weighted by atomic mass is 10.1. The van der Waals surface area contributed by atoms with Crippen LogP contribution in [0.25, 0.3) is 0 Å². The van der Waals surface area contributed by atoms with Crippen molar-refractivity contribution in [2.75, 3.05) is 6.79 Å². The van der Waals surface area contributed by atoms with Crippen molar-refractivity contribution in [1.29, 1.82) is 0 Å². The number of hydrogen-bond acceptors (Lipinski definition) is 4. The summed E-state index contributed by atoms with van der Waals surface area (Å²) < 4.78 is 10.7. The summed E-state index contributed by atoms with van der Waals surface area (Å²) in [6.45, 7) is 4.03. The molecule has 1 aromatic heterocycles. The number of hydrogen-bond donors (Lipinski definition) is 1. The maximum Gasteiger partial charge on any atom is 0.231 e. The van der Waals surface area contributed by atoms with Gasteiger partial charge < -0.3 is 14.8 Å². The molecule has 0 atom stereocenters. The van der Waals surface area contributed by atoms with Gasteiger partial charge in [-0.05, 0) is 41.8 Å². The van der Waals surface area contributed by atoms with E-state index in [1.54, 1.807) is 0 Å². The minimum Gasteiger partial charge on any atom is -0.454 e. The Morgan fingerprint density at radius 3 is 2.95 bits per heavy atom. The third-order valence-electron chi connectivity index (χ3n) is 3.23. The lowest BCUT2D eigenvalue weighted by molar-refractivity contribution is 0.174. The number of aryl methyl sites for hydroxylation is 1. The molecule has 3 rings (SSSR count). The highest BCUT2D eigenvalue weighted by Gasteiger charge is 2.12. The third kappa shape index (κ3) is 2.69. The highest BCUT2D eigenvalue weighted by molar-refractivity contribution is 5.44. The van der Waals surface area contributed by atoms with Gasteiger partial charge in [-0.3, -0.25) is 4.98 Å². The van der Waals surface area contributed by atoms with Gasteiger partial charge in [0.25, 0.3) is 0 Å². The van der Waals surface area contributed by atoms with Crippen molar-refractivity contribution in [3.05, 3.63) is 53.3 Å². The van der Waals surface area contributed by atoms with Gasteiger partial charge in [0.05, 0.1) is 0 Å². The number of nitrogens with zero attached hydrogens (tertiary/aromatic N) is 1. The Morgan fingerprint density at radius 1 is 1.16 bits per heavy atom. The SMILES string of the molecule is Cc1ccncc1CNCc1ccc2c(c1)OCO2. The van der Waals surface area contributed by atoms with Crippen molar-refractivity contribution in [3.8, 4) is 11.5 Å². The maximum absolute atomic E-state index is 5.36. The second-order valence-corrected chi connectivity index (χ2v) is 4.59. The van der Waals surface area contributed by atoms with Crippen LogP contribution in [0.3, 0.4) is 0 Å². The number of nitrogens with one attached hydrogen (secondary N) is 1. The van der Waals surface area contributed by atoms with Gasteiger partial charge in [0.1, 0.15) is 0 Å². The van der Waals surface area contributed by atoms with Crippen molar-refractivity contribution in [2.45, 2.75) is 20.0 Å². The molecule has 98 valence electrons. The normalized spacial score (nSPS) is 12.7. The minimum absolute atomic E-state index is 0.321. The van der Waals surface area contributed by atoms with Crippen LogP contribution in [0.4, 0.5) is 0 Å². The summed E-state index contributed by atoms with van der Waals surface area (Å²) in [4.78, 5) is 4.14. The van der Waals surface area contributed by atoms with E-state index in [9.17, 15) is 0 Å². The van der Waals surface area contributed by atoms with Gasteiger partial charge in [0.2, 0.25) is 6.79 Å². The van der Waals surface area contributed by atoms with E-state index in [0.29, 0.717) is 6.79 Å². The van der Waals surface area contributed by atoms with Crippen LogP contribution in [0.15, 0.2) is 36.7 Å². The molecule has 0 saturated carbocycles. The van der Waals surface area contributed by atoms with E-state index in [1.807, 2.05) is 30.6 Å². The summed E-state index contributed by atoms with van der Waals surface area (Å²) in [7, 11) is 0. The van der Waals surface area contributed by atoms with Crippen molar-refractivity contribution < 1.29 is 9.47 Å². The zero-order chi connectivity index (χ0) is 13.1. The number of pyridine rings is 1. The molecule has 0 unspecified atom stereocenters. The largest absolute Gasteiger partial charge is 0.454 e. The lowest BCUT2D eigenvalue weighted by Gasteiger charge is -2.07. The molecule has 4 nitrogen and oxygen atoms in total. The smallest absolute Gasteiger partial charge is 0.231 e. The van der Waals surface area contributed by atoms with Gasteiger partial charge in [-0.1, -0.05) is 6.07 Å². The first-order chi connectivity index (χ1) is 9.33. The Hall–Kier alpha value is -2.07. The minimum atomic E-state index is 0.321. The molecule has 0 bridgehead atoms. The number of fused-ring (bicyclic) bond motifs is 1. The van der Waals surface area contributed by atoms with Crippen LogP contribution in [0.1, 0.15) is 16.7 Å². The zero-order valence-electron chi connectivity index (χ0n) is 10.8.